The summed E-state index contributed by atoms with van der Waals surface area (Å²) in [5, 5.41) is 2.96. The minimum Gasteiger partial charge on any atom is -0.326 e. The van der Waals surface area contributed by atoms with Crippen LogP contribution in [0.15, 0.2) is 40.6 Å². The average Bonchev–Trinajstić information content (AvgIpc) is 3.42. The van der Waals surface area contributed by atoms with Crippen LogP contribution in [0, 0.1) is 0 Å². The third-order valence-electron chi connectivity index (χ3n) is 5.70. The first kappa shape index (κ1) is 21.5. The molecule has 0 spiro atoms. The summed E-state index contributed by atoms with van der Waals surface area (Å²) in [6.45, 7) is 4.36. The molecule has 0 radical (unpaired) electrons. The maximum Gasteiger partial charge on any atom is 0.252 e. The molecule has 1 N–H and O–H groups in total. The number of nitrogens with zero attached hydrogens (tertiary/aromatic N) is 2. The van der Waals surface area contributed by atoms with Crippen LogP contribution >= 0.6 is 11.3 Å². The van der Waals surface area contributed by atoms with Crippen LogP contribution in [0.25, 0.3) is 0 Å². The van der Waals surface area contributed by atoms with Crippen molar-refractivity contribution in [3.05, 3.63) is 46.8 Å². The third-order valence-corrected chi connectivity index (χ3v) is 9.15. The Bertz CT molecular complexity index is 975. The fourth-order valence-corrected chi connectivity index (χ4v) is 7.16. The molecule has 30 heavy (non-hydrogen) atoms. The number of rotatable bonds is 7. The smallest absolute Gasteiger partial charge is 0.252 e. The molecule has 0 atom stereocenters. The van der Waals surface area contributed by atoms with Gasteiger partial charge in [0.05, 0.1) is 6.42 Å². The van der Waals surface area contributed by atoms with E-state index in [-0.39, 0.29) is 12.3 Å². The summed E-state index contributed by atoms with van der Waals surface area (Å²) in [5.74, 6) is -0.128. The first-order valence-corrected chi connectivity index (χ1v) is 13.0. The quantitative estimate of drug-likeness (QED) is 0.703. The molecule has 8 heteroatoms. The summed E-state index contributed by atoms with van der Waals surface area (Å²) in [6, 6.07) is 11.4. The number of carbonyl (C=O) groups excluding carboxylic acids is 1. The maximum absolute atomic E-state index is 12.7. The van der Waals surface area contributed by atoms with Crippen molar-refractivity contribution in [3.8, 4) is 0 Å². The molecule has 2 aliphatic heterocycles. The zero-order valence-corrected chi connectivity index (χ0v) is 18.8. The lowest BCUT2D eigenvalue weighted by atomic mass is 10.1. The Morgan fingerprint density at radius 2 is 1.70 bits per heavy atom. The molecule has 2 saturated heterocycles. The van der Waals surface area contributed by atoms with Gasteiger partial charge < -0.3 is 5.32 Å². The van der Waals surface area contributed by atoms with Crippen LogP contribution in [0.1, 0.15) is 42.5 Å². The molecule has 4 rings (SSSR count). The first-order chi connectivity index (χ1) is 14.5. The van der Waals surface area contributed by atoms with Crippen molar-refractivity contribution in [1.82, 2.24) is 9.21 Å². The van der Waals surface area contributed by atoms with Crippen molar-refractivity contribution in [2.45, 2.75) is 49.3 Å². The lowest BCUT2D eigenvalue weighted by molar-refractivity contribution is -0.115. The predicted octanol–water partition coefficient (Wildman–Crippen LogP) is 3.70. The number of likely N-dealkylation sites (tertiary alicyclic amines) is 1. The van der Waals surface area contributed by atoms with Gasteiger partial charge in [0, 0.05) is 30.2 Å². The van der Waals surface area contributed by atoms with E-state index in [9.17, 15) is 13.2 Å². The van der Waals surface area contributed by atoms with Crippen LogP contribution in [0.5, 0.6) is 0 Å². The highest BCUT2D eigenvalue weighted by Crippen LogP contribution is 2.28. The van der Waals surface area contributed by atoms with Gasteiger partial charge >= 0.3 is 0 Å². The molecule has 0 unspecified atom stereocenters. The van der Waals surface area contributed by atoms with Gasteiger partial charge in [0.1, 0.15) is 4.21 Å². The van der Waals surface area contributed by atoms with Crippen LogP contribution in [-0.4, -0.2) is 49.7 Å². The summed E-state index contributed by atoms with van der Waals surface area (Å²) in [4.78, 5) is 15.7. The predicted molar refractivity (Wildman–Crippen MR) is 120 cm³/mol. The van der Waals surface area contributed by atoms with E-state index in [0.717, 1.165) is 43.0 Å². The van der Waals surface area contributed by atoms with Gasteiger partial charge in [0.25, 0.3) is 10.0 Å². The van der Waals surface area contributed by atoms with E-state index in [0.29, 0.717) is 17.3 Å². The molecular formula is C22H29N3O3S2. The number of sulfonamides is 1. The number of hydrogen-bond acceptors (Lipinski definition) is 5. The standard InChI is InChI=1S/C22H29N3O3S2/c26-21(16-20-9-10-22(29-20)30(27,28)25-13-4-5-14-25)23-19-8-6-7-18(15-19)17-24-11-2-1-3-12-24/h6-10,15H,1-5,11-14,16-17H2,(H,23,26). The molecule has 0 saturated carbocycles. The highest BCUT2D eigenvalue weighted by atomic mass is 32.2. The van der Waals surface area contributed by atoms with Crippen LogP contribution in [0.2, 0.25) is 0 Å². The second kappa shape index (κ2) is 9.60. The van der Waals surface area contributed by atoms with Crippen molar-refractivity contribution in [3.63, 3.8) is 0 Å². The molecule has 2 aromatic rings. The fraction of sp³-hybridized carbons (Fsp3) is 0.500. The zero-order valence-electron chi connectivity index (χ0n) is 17.2. The largest absolute Gasteiger partial charge is 0.326 e. The van der Waals surface area contributed by atoms with E-state index < -0.39 is 10.0 Å². The monoisotopic (exact) mass is 447 g/mol. The lowest BCUT2D eigenvalue weighted by Gasteiger charge is -2.26. The van der Waals surface area contributed by atoms with Gasteiger partial charge in [0.2, 0.25) is 5.91 Å². The molecular weight excluding hydrogens is 418 g/mol. The summed E-state index contributed by atoms with van der Waals surface area (Å²) in [6.07, 6.45) is 5.83. The van der Waals surface area contributed by atoms with Crippen LogP contribution in [0.4, 0.5) is 5.69 Å². The molecule has 6 nitrogen and oxygen atoms in total. The first-order valence-electron chi connectivity index (χ1n) is 10.7. The lowest BCUT2D eigenvalue weighted by Crippen LogP contribution is -2.29. The van der Waals surface area contributed by atoms with Crippen molar-refractivity contribution >= 4 is 33.0 Å². The topological polar surface area (TPSA) is 69.7 Å². The van der Waals surface area contributed by atoms with Crippen molar-refractivity contribution < 1.29 is 13.2 Å². The number of anilines is 1. The molecule has 2 fully saturated rings. The van der Waals surface area contributed by atoms with E-state index in [1.54, 1.807) is 12.1 Å². The van der Waals surface area contributed by atoms with E-state index >= 15 is 0 Å². The SMILES string of the molecule is O=C(Cc1ccc(S(=O)(=O)N2CCCC2)s1)Nc1cccc(CN2CCCCC2)c1. The second-order valence-corrected chi connectivity index (χ2v) is 11.4. The van der Waals surface area contributed by atoms with Crippen molar-refractivity contribution in [1.29, 1.82) is 0 Å². The Morgan fingerprint density at radius 1 is 0.967 bits per heavy atom. The molecule has 1 aromatic carbocycles. The summed E-state index contributed by atoms with van der Waals surface area (Å²) in [5.41, 5.74) is 1.99. The molecule has 0 bridgehead atoms. The van der Waals surface area contributed by atoms with Gasteiger partial charge in [-0.3, -0.25) is 9.69 Å². The van der Waals surface area contributed by atoms with E-state index in [4.69, 9.17) is 0 Å². The number of hydrogen-bond donors (Lipinski definition) is 1. The van der Waals surface area contributed by atoms with Gasteiger partial charge in [-0.1, -0.05) is 18.6 Å². The maximum atomic E-state index is 12.7. The van der Waals surface area contributed by atoms with Crippen LogP contribution < -0.4 is 5.32 Å². The van der Waals surface area contributed by atoms with Crippen molar-refractivity contribution in [2.24, 2.45) is 0 Å². The minimum absolute atomic E-state index is 0.128. The zero-order chi connectivity index (χ0) is 21.0. The fourth-order valence-electron chi connectivity index (χ4n) is 4.13. The van der Waals surface area contributed by atoms with Gasteiger partial charge in [0.15, 0.2) is 0 Å². The number of piperidine rings is 1. The summed E-state index contributed by atoms with van der Waals surface area (Å²) in [7, 11) is -3.42. The van der Waals surface area contributed by atoms with Gasteiger partial charge in [-0.2, -0.15) is 4.31 Å². The van der Waals surface area contributed by atoms with Gasteiger partial charge in [-0.05, 0) is 68.6 Å². The Labute approximate surface area is 182 Å². The Hall–Kier alpha value is -1.74. The summed E-state index contributed by atoms with van der Waals surface area (Å²) >= 11 is 1.19. The highest BCUT2D eigenvalue weighted by Gasteiger charge is 2.28. The van der Waals surface area contributed by atoms with Crippen molar-refractivity contribution in [2.75, 3.05) is 31.5 Å². The number of carbonyl (C=O) groups is 1. The molecule has 1 aromatic heterocycles. The number of nitrogens with one attached hydrogen (secondary N) is 1. The van der Waals surface area contributed by atoms with Gasteiger partial charge in [-0.15, -0.1) is 11.3 Å². The molecule has 1 amide bonds. The highest BCUT2D eigenvalue weighted by molar-refractivity contribution is 7.91. The number of thiophene rings is 1. The molecule has 0 aliphatic carbocycles. The Balaban J connectivity index is 1.35. The average molecular weight is 448 g/mol. The normalized spacial score (nSPS) is 18.5. The third kappa shape index (κ3) is 5.29. The van der Waals surface area contributed by atoms with Gasteiger partial charge in [-0.25, -0.2) is 8.42 Å². The second-order valence-electron chi connectivity index (χ2n) is 8.09. The number of benzene rings is 1. The molecule has 162 valence electrons. The Kier molecular flexibility index (Phi) is 6.87. The molecule has 3 heterocycles. The number of amides is 1. The van der Waals surface area contributed by atoms with Crippen LogP contribution in [0.3, 0.4) is 0 Å². The summed E-state index contributed by atoms with van der Waals surface area (Å²) < 4.78 is 27.2. The minimum atomic E-state index is -3.42. The van der Waals surface area contributed by atoms with E-state index in [1.807, 2.05) is 18.2 Å². The van der Waals surface area contributed by atoms with E-state index in [1.165, 1.54) is 40.5 Å². The van der Waals surface area contributed by atoms with Crippen LogP contribution in [-0.2, 0) is 27.8 Å². The Morgan fingerprint density at radius 3 is 2.47 bits per heavy atom. The molecule has 2 aliphatic rings. The van der Waals surface area contributed by atoms with E-state index in [2.05, 4.69) is 16.3 Å².